The number of hydrogen-bond donors (Lipinski definition) is 2. The molecule has 0 atom stereocenters. The van der Waals surface area contributed by atoms with Crippen molar-refractivity contribution in [3.05, 3.63) is 53.6 Å². The first-order valence-electron chi connectivity index (χ1n) is 7.49. The molecule has 0 spiro atoms. The van der Waals surface area contributed by atoms with Gasteiger partial charge in [0.1, 0.15) is 0 Å². The lowest BCUT2D eigenvalue weighted by Gasteiger charge is -2.08. The summed E-state index contributed by atoms with van der Waals surface area (Å²) in [6, 6.07) is 14.7. The summed E-state index contributed by atoms with van der Waals surface area (Å²) in [6.45, 7) is 3.65. The molecular weight excluding hydrogens is 260 g/mol. The Morgan fingerprint density at radius 3 is 2.76 bits per heavy atom. The molecule has 0 radical (unpaired) electrons. The van der Waals surface area contributed by atoms with Gasteiger partial charge in [0.25, 0.3) is 0 Å². The highest BCUT2D eigenvalue weighted by Gasteiger charge is 2.18. The summed E-state index contributed by atoms with van der Waals surface area (Å²) in [5, 5.41) is 6.14. The highest BCUT2D eigenvalue weighted by Crippen LogP contribution is 2.37. The van der Waals surface area contributed by atoms with Gasteiger partial charge in [0.2, 0.25) is 5.91 Å². The summed E-state index contributed by atoms with van der Waals surface area (Å²) in [5.41, 5.74) is 6.15. The molecule has 3 heteroatoms. The fourth-order valence-corrected chi connectivity index (χ4v) is 2.83. The van der Waals surface area contributed by atoms with Crippen LogP contribution in [0.5, 0.6) is 0 Å². The van der Waals surface area contributed by atoms with Crippen molar-refractivity contribution in [2.24, 2.45) is 0 Å². The highest BCUT2D eigenvalue weighted by molar-refractivity contribution is 5.92. The molecule has 2 N–H and O–H groups in total. The molecule has 0 saturated carbocycles. The van der Waals surface area contributed by atoms with E-state index in [0.29, 0.717) is 6.42 Å². The lowest BCUT2D eigenvalue weighted by molar-refractivity contribution is -0.116. The van der Waals surface area contributed by atoms with Crippen LogP contribution in [0.2, 0.25) is 0 Å². The number of hydrogen-bond acceptors (Lipinski definition) is 2. The van der Waals surface area contributed by atoms with E-state index in [1.165, 1.54) is 22.3 Å². The first-order chi connectivity index (χ1) is 10.3. The van der Waals surface area contributed by atoms with E-state index in [1.807, 2.05) is 13.0 Å². The molecule has 0 aliphatic heterocycles. The second-order valence-corrected chi connectivity index (χ2v) is 5.36. The molecule has 0 fully saturated rings. The predicted octanol–water partition coefficient (Wildman–Crippen LogP) is 3.20. The average molecular weight is 280 g/mol. The Kier molecular flexibility index (Phi) is 4.02. The van der Waals surface area contributed by atoms with Crippen LogP contribution >= 0.6 is 0 Å². The second-order valence-electron chi connectivity index (χ2n) is 5.36. The van der Waals surface area contributed by atoms with E-state index in [9.17, 15) is 4.79 Å². The average Bonchev–Trinajstić information content (AvgIpc) is 2.85. The normalized spacial score (nSPS) is 11.9. The number of carbonyl (C=O) groups excluding carboxylic acids is 1. The largest absolute Gasteiger partial charge is 0.326 e. The zero-order valence-corrected chi connectivity index (χ0v) is 12.3. The minimum Gasteiger partial charge on any atom is -0.326 e. The van der Waals surface area contributed by atoms with Gasteiger partial charge in [-0.15, -0.1) is 0 Å². The minimum atomic E-state index is 0.0615. The van der Waals surface area contributed by atoms with E-state index in [0.717, 1.165) is 25.2 Å². The Morgan fingerprint density at radius 2 is 1.90 bits per heavy atom. The molecule has 0 aromatic heterocycles. The number of amides is 1. The summed E-state index contributed by atoms with van der Waals surface area (Å²) < 4.78 is 0. The molecule has 1 aliphatic carbocycles. The third kappa shape index (κ3) is 2.98. The second kappa shape index (κ2) is 6.10. The fraction of sp³-hybridized carbons (Fsp3) is 0.278. The molecule has 0 bridgehead atoms. The van der Waals surface area contributed by atoms with Gasteiger partial charge in [-0.3, -0.25) is 4.79 Å². The van der Waals surface area contributed by atoms with Crippen LogP contribution in [0.4, 0.5) is 5.69 Å². The third-order valence-electron chi connectivity index (χ3n) is 3.86. The van der Waals surface area contributed by atoms with Crippen LogP contribution in [0.1, 0.15) is 24.5 Å². The van der Waals surface area contributed by atoms with Gasteiger partial charge in [0.15, 0.2) is 0 Å². The van der Waals surface area contributed by atoms with Crippen molar-refractivity contribution < 1.29 is 4.79 Å². The maximum atomic E-state index is 11.9. The number of carbonyl (C=O) groups is 1. The molecule has 108 valence electrons. The molecule has 2 aromatic rings. The van der Waals surface area contributed by atoms with Crippen molar-refractivity contribution in [2.45, 2.75) is 19.8 Å². The van der Waals surface area contributed by atoms with Crippen molar-refractivity contribution >= 4 is 11.6 Å². The molecular formula is C18H20N2O. The van der Waals surface area contributed by atoms with E-state index in [2.05, 4.69) is 47.0 Å². The van der Waals surface area contributed by atoms with Gasteiger partial charge in [0.05, 0.1) is 0 Å². The number of anilines is 1. The molecule has 1 aliphatic rings. The van der Waals surface area contributed by atoms with E-state index in [4.69, 9.17) is 0 Å². The lowest BCUT2D eigenvalue weighted by atomic mass is 10.1. The highest BCUT2D eigenvalue weighted by atomic mass is 16.1. The van der Waals surface area contributed by atoms with Crippen molar-refractivity contribution in [3.8, 4) is 11.1 Å². The molecule has 0 unspecified atom stereocenters. The molecule has 1 amide bonds. The number of nitrogens with one attached hydrogen (secondary N) is 2. The Balaban J connectivity index is 1.71. The van der Waals surface area contributed by atoms with Crippen LogP contribution in [-0.2, 0) is 11.2 Å². The van der Waals surface area contributed by atoms with Gasteiger partial charge in [0, 0.05) is 18.7 Å². The van der Waals surface area contributed by atoms with Gasteiger partial charge >= 0.3 is 0 Å². The van der Waals surface area contributed by atoms with Gasteiger partial charge in [-0.2, -0.15) is 0 Å². The molecule has 21 heavy (non-hydrogen) atoms. The van der Waals surface area contributed by atoms with E-state index >= 15 is 0 Å². The van der Waals surface area contributed by atoms with Crippen LogP contribution in [0.3, 0.4) is 0 Å². The summed E-state index contributed by atoms with van der Waals surface area (Å²) >= 11 is 0. The van der Waals surface area contributed by atoms with E-state index < -0.39 is 0 Å². The van der Waals surface area contributed by atoms with Gasteiger partial charge < -0.3 is 10.6 Å². The predicted molar refractivity (Wildman–Crippen MR) is 86.5 cm³/mol. The van der Waals surface area contributed by atoms with Crippen LogP contribution < -0.4 is 10.6 Å². The quantitative estimate of drug-likeness (QED) is 0.705. The third-order valence-corrected chi connectivity index (χ3v) is 3.86. The van der Waals surface area contributed by atoms with Crippen molar-refractivity contribution in [1.82, 2.24) is 5.32 Å². The van der Waals surface area contributed by atoms with Crippen LogP contribution in [0.15, 0.2) is 42.5 Å². The lowest BCUT2D eigenvalue weighted by Crippen LogP contribution is -2.21. The van der Waals surface area contributed by atoms with E-state index in [-0.39, 0.29) is 5.91 Å². The SMILES string of the molecule is CCNCCC(=O)Nc1ccc2c(c1)Cc1ccccc1-2. The fourth-order valence-electron chi connectivity index (χ4n) is 2.83. The topological polar surface area (TPSA) is 41.1 Å². The standard InChI is InChI=1S/C18H20N2O/c1-2-19-10-9-18(21)20-15-7-8-17-14(12-15)11-13-5-3-4-6-16(13)17/h3-8,12,19H,2,9-11H2,1H3,(H,20,21). The van der Waals surface area contributed by atoms with Crippen molar-refractivity contribution in [1.29, 1.82) is 0 Å². The van der Waals surface area contributed by atoms with Gasteiger partial charge in [-0.05, 0) is 47.4 Å². The van der Waals surface area contributed by atoms with E-state index in [1.54, 1.807) is 0 Å². The summed E-state index contributed by atoms with van der Waals surface area (Å²) in [5.74, 6) is 0.0615. The number of benzene rings is 2. The molecule has 3 nitrogen and oxygen atoms in total. The van der Waals surface area contributed by atoms with Crippen molar-refractivity contribution in [3.63, 3.8) is 0 Å². The Bertz CT molecular complexity index is 664. The minimum absolute atomic E-state index is 0.0615. The first kappa shape index (κ1) is 13.8. The summed E-state index contributed by atoms with van der Waals surface area (Å²) in [7, 11) is 0. The Labute approximate surface area is 125 Å². The van der Waals surface area contributed by atoms with Crippen LogP contribution in [-0.4, -0.2) is 19.0 Å². The molecule has 2 aromatic carbocycles. The number of rotatable bonds is 5. The molecule has 0 saturated heterocycles. The first-order valence-corrected chi connectivity index (χ1v) is 7.49. The smallest absolute Gasteiger partial charge is 0.225 e. The summed E-state index contributed by atoms with van der Waals surface area (Å²) in [4.78, 5) is 11.9. The van der Waals surface area contributed by atoms with Crippen LogP contribution in [0.25, 0.3) is 11.1 Å². The van der Waals surface area contributed by atoms with Crippen LogP contribution in [0, 0.1) is 0 Å². The summed E-state index contributed by atoms with van der Waals surface area (Å²) in [6.07, 6.45) is 1.46. The maximum Gasteiger partial charge on any atom is 0.225 e. The van der Waals surface area contributed by atoms with Crippen molar-refractivity contribution in [2.75, 3.05) is 18.4 Å². The molecule has 0 heterocycles. The monoisotopic (exact) mass is 280 g/mol. The Hall–Kier alpha value is -2.13. The molecule has 3 rings (SSSR count). The van der Waals surface area contributed by atoms with Gasteiger partial charge in [-0.1, -0.05) is 37.3 Å². The zero-order chi connectivity index (χ0) is 14.7. The van der Waals surface area contributed by atoms with Gasteiger partial charge in [-0.25, -0.2) is 0 Å². The Morgan fingerprint density at radius 1 is 1.10 bits per heavy atom. The zero-order valence-electron chi connectivity index (χ0n) is 12.3. The number of fused-ring (bicyclic) bond motifs is 3. The maximum absolute atomic E-state index is 11.9.